The summed E-state index contributed by atoms with van der Waals surface area (Å²) in [4.78, 5) is 15.8. The van der Waals surface area contributed by atoms with E-state index in [0.29, 0.717) is 38.2 Å². The average molecular weight is 553 g/mol. The molecule has 186 valence electrons. The van der Waals surface area contributed by atoms with E-state index in [1.807, 2.05) is 91.0 Å². The quantitative estimate of drug-likeness (QED) is 0.197. The molecule has 1 unspecified atom stereocenters. The molecule has 1 amide bonds. The van der Waals surface area contributed by atoms with Crippen LogP contribution in [0.5, 0.6) is 0 Å². The van der Waals surface area contributed by atoms with Gasteiger partial charge in [0.1, 0.15) is 0 Å². The van der Waals surface area contributed by atoms with Crippen LogP contribution in [0.4, 0.5) is 0 Å². The average Bonchev–Trinajstić information content (AvgIpc) is 3.19. The summed E-state index contributed by atoms with van der Waals surface area (Å²) in [6.07, 6.45) is 2.98. The molecule has 1 aliphatic heterocycles. The zero-order chi connectivity index (χ0) is 25.5. The second kappa shape index (κ2) is 11.7. The Labute approximate surface area is 225 Å². The number of hydrogen-bond acceptors (Lipinski definition) is 2. The molecule has 0 aliphatic carbocycles. The summed E-state index contributed by atoms with van der Waals surface area (Å²) in [5.74, 6) is -0.120. The normalized spacial score (nSPS) is 17.4. The van der Waals surface area contributed by atoms with Crippen LogP contribution in [0.15, 0.2) is 121 Å². The summed E-state index contributed by atoms with van der Waals surface area (Å²) >= 11 is 0.470. The molecule has 0 aromatic heterocycles. The number of benzene rings is 4. The van der Waals surface area contributed by atoms with Crippen LogP contribution in [0, 0.1) is 0 Å². The van der Waals surface area contributed by atoms with Gasteiger partial charge in [0, 0.05) is 0 Å². The molecule has 3 nitrogen and oxygen atoms in total. The van der Waals surface area contributed by atoms with Gasteiger partial charge in [0.15, 0.2) is 0 Å². The van der Waals surface area contributed by atoms with E-state index in [2.05, 4.69) is 30.3 Å². The Morgan fingerprint density at radius 2 is 1.19 bits per heavy atom. The van der Waals surface area contributed by atoms with Gasteiger partial charge in [0.2, 0.25) is 0 Å². The molecule has 0 bridgehead atoms. The van der Waals surface area contributed by atoms with Gasteiger partial charge >= 0.3 is 226 Å². The number of rotatable bonds is 10. The third kappa shape index (κ3) is 5.33. The second-order valence-corrected chi connectivity index (χ2v) is 11.7. The van der Waals surface area contributed by atoms with Gasteiger partial charge < -0.3 is 0 Å². The van der Waals surface area contributed by atoms with E-state index in [9.17, 15) is 9.90 Å². The summed E-state index contributed by atoms with van der Waals surface area (Å²) in [6.45, 7) is 0.495. The van der Waals surface area contributed by atoms with Crippen LogP contribution >= 0.6 is 0 Å². The van der Waals surface area contributed by atoms with Crippen LogP contribution < -0.4 is 4.46 Å². The van der Waals surface area contributed by atoms with Crippen LogP contribution in [0.3, 0.4) is 0 Å². The fraction of sp³-hybridized carbons (Fsp3) is 0.182. The monoisotopic (exact) mass is 553 g/mol. The molecule has 1 aliphatic rings. The summed E-state index contributed by atoms with van der Waals surface area (Å²) in [5.41, 5.74) is 2.08. The predicted octanol–water partition coefficient (Wildman–Crippen LogP) is 5.90. The minimum absolute atomic E-state index is 0.120. The molecule has 4 aromatic carbocycles. The zero-order valence-corrected chi connectivity index (χ0v) is 22.5. The van der Waals surface area contributed by atoms with Gasteiger partial charge in [-0.05, 0) is 0 Å². The predicted molar refractivity (Wildman–Crippen MR) is 152 cm³/mol. The minimum atomic E-state index is -1.54. The van der Waals surface area contributed by atoms with Crippen molar-refractivity contribution in [3.8, 4) is 0 Å². The van der Waals surface area contributed by atoms with Crippen LogP contribution in [-0.2, 0) is 10.5 Å². The van der Waals surface area contributed by atoms with Crippen molar-refractivity contribution in [1.82, 2.24) is 4.90 Å². The third-order valence-electron chi connectivity index (χ3n) is 6.79. The third-order valence-corrected chi connectivity index (χ3v) is 9.09. The fourth-order valence-electron chi connectivity index (χ4n) is 5.01. The Morgan fingerprint density at radius 3 is 1.81 bits per heavy atom. The maximum absolute atomic E-state index is 14.1. The van der Waals surface area contributed by atoms with Gasteiger partial charge in [0.25, 0.3) is 0 Å². The second-order valence-electron chi connectivity index (χ2n) is 9.20. The SMILES string of the molecule is O=C1C(c2ccccc2)=C(c2ccccc2)C(O)(c2ccccc2)N1CCCCC[Se]c1ccccc1. The van der Waals surface area contributed by atoms with Gasteiger partial charge in [-0.3, -0.25) is 0 Å². The number of unbranched alkanes of at least 4 members (excludes halogenated alkanes) is 2. The Morgan fingerprint density at radius 1 is 0.649 bits per heavy atom. The molecular formula is C33H31NO2Se. The number of hydrogen-bond donors (Lipinski definition) is 1. The first-order valence-electron chi connectivity index (χ1n) is 12.8. The van der Waals surface area contributed by atoms with Crippen LogP contribution in [0.2, 0.25) is 5.32 Å². The van der Waals surface area contributed by atoms with Gasteiger partial charge in [0.05, 0.1) is 0 Å². The van der Waals surface area contributed by atoms with E-state index in [1.165, 1.54) is 9.78 Å². The van der Waals surface area contributed by atoms with Crippen LogP contribution in [0.25, 0.3) is 11.1 Å². The summed E-state index contributed by atoms with van der Waals surface area (Å²) in [5, 5.41) is 13.7. The van der Waals surface area contributed by atoms with E-state index in [1.54, 1.807) is 4.90 Å². The number of nitrogens with zero attached hydrogens (tertiary/aromatic N) is 1. The van der Waals surface area contributed by atoms with E-state index in [-0.39, 0.29) is 5.91 Å². The summed E-state index contributed by atoms with van der Waals surface area (Å²) in [7, 11) is 0. The number of amides is 1. The molecule has 1 heterocycles. The van der Waals surface area contributed by atoms with E-state index in [4.69, 9.17) is 0 Å². The van der Waals surface area contributed by atoms with E-state index < -0.39 is 5.72 Å². The van der Waals surface area contributed by atoms with Crippen molar-refractivity contribution in [2.45, 2.75) is 30.3 Å². The molecule has 1 N–H and O–H groups in total. The van der Waals surface area contributed by atoms with Crippen molar-refractivity contribution < 1.29 is 9.90 Å². The van der Waals surface area contributed by atoms with Crippen molar-refractivity contribution in [3.63, 3.8) is 0 Å². The molecule has 0 saturated heterocycles. The topological polar surface area (TPSA) is 40.5 Å². The zero-order valence-electron chi connectivity index (χ0n) is 20.8. The fourth-order valence-corrected chi connectivity index (χ4v) is 6.97. The Hall–Kier alpha value is -3.43. The number of carbonyl (C=O) groups excluding carboxylic acids is 1. The molecule has 5 rings (SSSR count). The van der Waals surface area contributed by atoms with Crippen molar-refractivity contribution in [1.29, 1.82) is 0 Å². The van der Waals surface area contributed by atoms with Crippen molar-refractivity contribution >= 4 is 36.5 Å². The van der Waals surface area contributed by atoms with Crippen molar-refractivity contribution in [2.75, 3.05) is 6.54 Å². The molecule has 37 heavy (non-hydrogen) atoms. The number of aliphatic hydroxyl groups is 1. The molecule has 0 radical (unpaired) electrons. The van der Waals surface area contributed by atoms with E-state index in [0.717, 1.165) is 30.4 Å². The molecular weight excluding hydrogens is 521 g/mol. The van der Waals surface area contributed by atoms with Gasteiger partial charge in [-0.1, -0.05) is 0 Å². The Bertz CT molecular complexity index is 1340. The Kier molecular flexibility index (Phi) is 8.01. The van der Waals surface area contributed by atoms with E-state index >= 15 is 0 Å². The van der Waals surface area contributed by atoms with Crippen LogP contribution in [-0.4, -0.2) is 37.4 Å². The molecule has 0 fully saturated rings. The Balaban J connectivity index is 1.44. The maximum atomic E-state index is 14.1. The summed E-state index contributed by atoms with van der Waals surface area (Å²) in [6, 6.07) is 39.8. The van der Waals surface area contributed by atoms with Gasteiger partial charge in [-0.15, -0.1) is 0 Å². The van der Waals surface area contributed by atoms with Gasteiger partial charge in [-0.25, -0.2) is 0 Å². The first-order chi connectivity index (χ1) is 18.2. The first-order valence-corrected chi connectivity index (χ1v) is 14.9. The first kappa shape index (κ1) is 25.2. The number of carbonyl (C=O) groups is 1. The molecule has 4 heteroatoms. The molecule has 4 aromatic rings. The van der Waals surface area contributed by atoms with Crippen molar-refractivity contribution in [3.05, 3.63) is 138 Å². The van der Waals surface area contributed by atoms with Crippen molar-refractivity contribution in [2.24, 2.45) is 0 Å². The van der Waals surface area contributed by atoms with Gasteiger partial charge in [-0.2, -0.15) is 0 Å². The molecule has 0 saturated carbocycles. The summed E-state index contributed by atoms with van der Waals surface area (Å²) < 4.78 is 1.42. The standard InChI is InChI=1S/C33H31NO2Se/c35-32-30(26-16-6-1-7-17-26)31(27-18-8-2-9-19-27)33(36,28-20-10-3-11-21-28)34(32)24-14-5-15-25-37-29-22-12-4-13-23-29/h1-4,6-13,16-23,36H,5,14-15,24-25H2. The molecule has 0 spiro atoms. The molecule has 1 atom stereocenters. The van der Waals surface area contributed by atoms with Crippen LogP contribution in [0.1, 0.15) is 36.0 Å².